The van der Waals surface area contributed by atoms with Crippen molar-refractivity contribution in [2.45, 2.75) is 50.3 Å². The molecule has 0 N–H and O–H groups in total. The van der Waals surface area contributed by atoms with Gasteiger partial charge in [0.1, 0.15) is 0 Å². The minimum Gasteiger partial charge on any atom is -0.341 e. The summed E-state index contributed by atoms with van der Waals surface area (Å²) in [7, 11) is 5.38. The molecule has 10 heteroatoms. The highest BCUT2D eigenvalue weighted by Crippen LogP contribution is 2.40. The van der Waals surface area contributed by atoms with Crippen LogP contribution in [-0.4, -0.2) is 83.1 Å². The van der Waals surface area contributed by atoms with Gasteiger partial charge < -0.3 is 9.80 Å². The molecule has 3 aliphatic rings. The fourth-order valence-electron chi connectivity index (χ4n) is 6.46. The monoisotopic (exact) mass is 658 g/mol. The number of carbonyl (C=O) groups excluding carboxylic acids is 3. The second-order valence-electron chi connectivity index (χ2n) is 12.0. The average molecular weight is 659 g/mol. The van der Waals surface area contributed by atoms with Crippen LogP contribution in [0.4, 0.5) is 5.69 Å². The van der Waals surface area contributed by atoms with Gasteiger partial charge in [0.05, 0.1) is 18.4 Å². The number of amides is 2. The lowest BCUT2D eigenvalue weighted by Gasteiger charge is -2.31. The van der Waals surface area contributed by atoms with Crippen LogP contribution in [0.1, 0.15) is 51.4 Å². The van der Waals surface area contributed by atoms with Crippen molar-refractivity contribution in [1.29, 1.82) is 0 Å². The van der Waals surface area contributed by atoms with Gasteiger partial charge >= 0.3 is 0 Å². The summed E-state index contributed by atoms with van der Waals surface area (Å²) in [5.74, 6) is 1.43. The zero-order chi connectivity index (χ0) is 31.3. The van der Waals surface area contributed by atoms with Gasteiger partial charge in [-0.1, -0.05) is 75.7 Å². The summed E-state index contributed by atoms with van der Waals surface area (Å²) >= 11 is 1.52. The molecule has 3 aliphatic heterocycles. The molecule has 1 atom stereocenters. The number of thiophene rings is 1. The van der Waals surface area contributed by atoms with Gasteiger partial charge in [-0.05, 0) is 48.6 Å². The van der Waals surface area contributed by atoms with Crippen molar-refractivity contribution < 1.29 is 14.4 Å². The van der Waals surface area contributed by atoms with Crippen LogP contribution in [0.25, 0.3) is 15.6 Å². The molecular formula is C35H38N4O3S3. The maximum absolute atomic E-state index is 13.4. The number of hydrogen-bond donors (Lipinski definition) is 0. The molecule has 2 fully saturated rings. The molecule has 1 unspecified atom stereocenters. The van der Waals surface area contributed by atoms with E-state index < -0.39 is 0 Å². The van der Waals surface area contributed by atoms with Gasteiger partial charge in [-0.3, -0.25) is 19.3 Å². The Bertz CT molecular complexity index is 1660. The summed E-state index contributed by atoms with van der Waals surface area (Å²) in [5, 5.41) is 2.05. The second kappa shape index (κ2) is 14.5. The third kappa shape index (κ3) is 7.33. The van der Waals surface area contributed by atoms with E-state index in [4.69, 9.17) is 6.57 Å². The average Bonchev–Trinajstić information content (AvgIpc) is 3.73. The van der Waals surface area contributed by atoms with E-state index in [-0.39, 0.29) is 29.3 Å². The molecule has 4 heterocycles. The molecule has 45 heavy (non-hydrogen) atoms. The Kier molecular flexibility index (Phi) is 10.3. The van der Waals surface area contributed by atoms with Gasteiger partial charge in [-0.25, -0.2) is 4.85 Å². The first kappa shape index (κ1) is 31.9. The van der Waals surface area contributed by atoms with E-state index >= 15 is 0 Å². The van der Waals surface area contributed by atoms with E-state index in [9.17, 15) is 14.4 Å². The van der Waals surface area contributed by atoms with Gasteiger partial charge in [-0.15, -0.1) is 0 Å². The molecule has 0 bridgehead atoms. The molecule has 0 radical (unpaired) electrons. The number of fused-ring (bicyclic) bond motifs is 2. The normalized spacial score (nSPS) is 19.4. The first-order valence-corrected chi connectivity index (χ1v) is 18.8. The van der Waals surface area contributed by atoms with Crippen LogP contribution in [0.5, 0.6) is 0 Å². The second-order valence-corrected chi connectivity index (χ2v) is 15.9. The fourth-order valence-corrected chi connectivity index (χ4v) is 10.6. The van der Waals surface area contributed by atoms with Gasteiger partial charge in [0.15, 0.2) is 5.78 Å². The summed E-state index contributed by atoms with van der Waals surface area (Å²) in [4.78, 5) is 51.2. The van der Waals surface area contributed by atoms with Gasteiger partial charge in [-0.2, -0.15) is 11.3 Å². The Balaban J connectivity index is 1.03. The summed E-state index contributed by atoms with van der Waals surface area (Å²) in [6.45, 7) is 12.2. The molecule has 0 aliphatic carbocycles. The Morgan fingerprint density at radius 2 is 1.93 bits per heavy atom. The number of hydrogen-bond acceptors (Lipinski definition) is 7. The number of likely N-dealkylation sites (tertiary alicyclic amines) is 1. The van der Waals surface area contributed by atoms with E-state index in [0.717, 1.165) is 64.2 Å². The van der Waals surface area contributed by atoms with Crippen LogP contribution >= 0.6 is 32.9 Å². The highest BCUT2D eigenvalue weighted by molar-refractivity contribution is 8.77. The smallest absolute Gasteiger partial charge is 0.236 e. The molecule has 7 nitrogen and oxygen atoms in total. The van der Waals surface area contributed by atoms with Crippen molar-refractivity contribution in [2.75, 3.05) is 45.5 Å². The fraction of sp³-hybridized carbons (Fsp3) is 0.429. The molecule has 2 amide bonds. The molecule has 6 rings (SSSR count). The molecule has 0 saturated carbocycles. The summed E-state index contributed by atoms with van der Waals surface area (Å²) in [6, 6.07) is 13.7. The summed E-state index contributed by atoms with van der Waals surface area (Å²) in [5.41, 5.74) is 3.65. The maximum Gasteiger partial charge on any atom is 0.236 e. The number of carbonyl (C=O) groups is 3. The lowest BCUT2D eigenvalue weighted by Crippen LogP contribution is -2.39. The molecular weight excluding hydrogens is 621 g/mol. The SMILES string of the molecule is [C-]#[N+]c1c(CC(=O)c2cccc3ccccc23)sc2c1CCN(C(=O)CCN1CCC/C(=C\CN(C)C(=O)C3CCSS3)C1)C2. The first-order chi connectivity index (χ1) is 21.9. The van der Waals surface area contributed by atoms with Crippen LogP contribution < -0.4 is 0 Å². The number of ketones is 1. The highest BCUT2D eigenvalue weighted by atomic mass is 33.1. The minimum atomic E-state index is 0.0170. The first-order valence-electron chi connectivity index (χ1n) is 15.6. The number of nitrogens with zero attached hydrogens (tertiary/aromatic N) is 4. The van der Waals surface area contributed by atoms with Crippen LogP contribution in [-0.2, 0) is 29.0 Å². The third-order valence-electron chi connectivity index (χ3n) is 8.97. The van der Waals surface area contributed by atoms with Crippen molar-refractivity contribution in [3.63, 3.8) is 0 Å². The number of Topliss-reactive ketones (excluding diaryl/α,β-unsaturated/α-hetero) is 1. The van der Waals surface area contributed by atoms with Crippen LogP contribution in [0.3, 0.4) is 0 Å². The van der Waals surface area contributed by atoms with Crippen molar-refractivity contribution in [1.82, 2.24) is 14.7 Å². The number of benzene rings is 2. The predicted molar refractivity (Wildman–Crippen MR) is 186 cm³/mol. The van der Waals surface area contributed by atoms with E-state index in [1.54, 1.807) is 21.6 Å². The molecule has 2 aromatic carbocycles. The van der Waals surface area contributed by atoms with Gasteiger partial charge in [0.2, 0.25) is 17.5 Å². The largest absolute Gasteiger partial charge is 0.341 e. The van der Waals surface area contributed by atoms with Crippen LogP contribution in [0.15, 0.2) is 54.1 Å². The van der Waals surface area contributed by atoms with E-state index in [2.05, 4.69) is 15.8 Å². The molecule has 1 aromatic heterocycles. The Hall–Kier alpha value is -3.10. The van der Waals surface area contributed by atoms with Crippen LogP contribution in [0.2, 0.25) is 0 Å². The molecule has 2 saturated heterocycles. The van der Waals surface area contributed by atoms with Crippen molar-refractivity contribution in [2.24, 2.45) is 0 Å². The summed E-state index contributed by atoms with van der Waals surface area (Å²) in [6.07, 6.45) is 6.58. The zero-order valence-electron chi connectivity index (χ0n) is 25.6. The maximum atomic E-state index is 13.4. The van der Waals surface area contributed by atoms with Crippen LogP contribution in [0, 0.1) is 6.57 Å². The van der Waals surface area contributed by atoms with Gasteiger partial charge in [0, 0.05) is 67.1 Å². The van der Waals surface area contributed by atoms with Crippen molar-refractivity contribution in [3.8, 4) is 0 Å². The van der Waals surface area contributed by atoms with E-state index in [1.807, 2.05) is 59.3 Å². The Labute approximate surface area is 277 Å². The van der Waals surface area contributed by atoms with Gasteiger partial charge in [0.25, 0.3) is 0 Å². The Morgan fingerprint density at radius 3 is 2.76 bits per heavy atom. The van der Waals surface area contributed by atoms with Crippen molar-refractivity contribution >= 4 is 67.0 Å². The van der Waals surface area contributed by atoms with E-state index in [1.165, 1.54) is 16.9 Å². The minimum absolute atomic E-state index is 0.0170. The van der Waals surface area contributed by atoms with E-state index in [0.29, 0.717) is 50.3 Å². The standard InChI is InChI=1S/C35H38N4O3S3/c1-36-34-28-13-19-39(23-32(28)44-31(34)21-29(40)27-11-5-9-25-8-3-4-10-26(25)27)33(41)14-18-38-16-6-7-24(22-38)12-17-37(2)35(42)30-15-20-43-45-30/h3-5,8-12,30H,6-7,13-23H2,2H3/b24-12+. The summed E-state index contributed by atoms with van der Waals surface area (Å²) < 4.78 is 0. The lowest BCUT2D eigenvalue weighted by molar-refractivity contribution is -0.132. The predicted octanol–water partition coefficient (Wildman–Crippen LogP) is 6.79. The molecule has 234 valence electrons. The number of rotatable bonds is 9. The highest BCUT2D eigenvalue weighted by Gasteiger charge is 2.29. The zero-order valence-corrected chi connectivity index (χ0v) is 28.1. The lowest BCUT2D eigenvalue weighted by atomic mass is 9.98. The third-order valence-corrected chi connectivity index (χ3v) is 13.0. The number of likely N-dealkylation sites (N-methyl/N-ethyl adjacent to an activating group) is 1. The topological polar surface area (TPSA) is 65.3 Å². The molecule has 3 aromatic rings. The Morgan fingerprint density at radius 1 is 1.09 bits per heavy atom. The quantitative estimate of drug-likeness (QED) is 0.109. The van der Waals surface area contributed by atoms with Crippen molar-refractivity contribution in [3.05, 3.63) is 86.4 Å². The molecule has 0 spiro atoms. The number of piperidine rings is 1.